The summed E-state index contributed by atoms with van der Waals surface area (Å²) in [7, 11) is 13.2. The number of fused-ring (bicyclic) bond motifs is 9. The second-order valence-corrected chi connectivity index (χ2v) is 31.5. The number of para-hydroxylation sites is 9. The van der Waals surface area contributed by atoms with Gasteiger partial charge in [-0.25, -0.2) is 0 Å². The third kappa shape index (κ3) is 23.4. The van der Waals surface area contributed by atoms with Crippen LogP contribution < -0.4 is 4.74 Å². The van der Waals surface area contributed by atoms with Crippen molar-refractivity contribution in [3.8, 4) is 82.9 Å². The molecular formula is C113H97N3O6S3Zr2. The zero-order valence-electron chi connectivity index (χ0n) is 71.1. The van der Waals surface area contributed by atoms with E-state index in [9.17, 15) is 15.3 Å². The second-order valence-electron chi connectivity index (χ2n) is 28.9. The van der Waals surface area contributed by atoms with Crippen LogP contribution in [0.25, 0.3) is 114 Å². The van der Waals surface area contributed by atoms with Crippen molar-refractivity contribution < 1.29 is 81.2 Å². The van der Waals surface area contributed by atoms with Crippen LogP contribution in [0.3, 0.4) is 0 Å². The first-order valence-electron chi connectivity index (χ1n) is 40.3. The van der Waals surface area contributed by atoms with Crippen molar-refractivity contribution in [1.29, 1.82) is 0 Å². The number of aromatic hydroxyl groups is 3. The molecule has 0 atom stereocenters. The smallest absolute Gasteiger partial charge is 0.713 e. The number of rotatable bonds is 9. The van der Waals surface area contributed by atoms with Crippen molar-refractivity contribution in [2.75, 3.05) is 21.3 Å². The van der Waals surface area contributed by atoms with Crippen molar-refractivity contribution in [2.24, 2.45) is 0 Å². The Kier molecular flexibility index (Phi) is 34.5. The quantitative estimate of drug-likeness (QED) is 0.0992. The van der Waals surface area contributed by atoms with Gasteiger partial charge in [-0.3, -0.25) is 0 Å². The van der Waals surface area contributed by atoms with E-state index < -0.39 is 0 Å². The van der Waals surface area contributed by atoms with E-state index in [4.69, 9.17) is 4.74 Å². The van der Waals surface area contributed by atoms with E-state index in [1.807, 2.05) is 334 Å². The maximum absolute atomic E-state index is 11.2. The fourth-order valence-electron chi connectivity index (χ4n) is 14.2. The van der Waals surface area contributed by atoms with Gasteiger partial charge in [-0.15, -0.1) is 107 Å². The molecule has 0 amide bonds. The van der Waals surface area contributed by atoms with Gasteiger partial charge in [0.15, 0.2) is 17.2 Å². The summed E-state index contributed by atoms with van der Waals surface area (Å²) >= 11 is 4.60. The Morgan fingerprint density at radius 1 is 0.252 bits per heavy atom. The number of hydrogen-bond donors (Lipinski definition) is 3. The van der Waals surface area contributed by atoms with Gasteiger partial charge in [-0.1, -0.05) is 182 Å². The minimum Gasteiger partial charge on any atom is -0.713 e. The molecule has 0 fully saturated rings. The van der Waals surface area contributed by atoms with Crippen LogP contribution in [-0.2, 0) is 61.1 Å². The van der Waals surface area contributed by atoms with Crippen LogP contribution in [0.4, 0.5) is 0 Å². The van der Waals surface area contributed by atoms with Crippen molar-refractivity contribution in [2.45, 2.75) is 0 Å². The Morgan fingerprint density at radius 3 is 0.638 bits per heavy atom. The molecule has 3 N–H and O–H groups in total. The minimum absolute atomic E-state index is 0. The SMILES string of the molecule is COc1ccccc1-c1scc(-n2c3ccccc3c3ccccc32)c1O.[CH2-][O+](C)c1ccccc1-c1scc(-n2c3ccccc3c3ccccc32)c1O.[CH2-][O+](C)c1ccccc1-c1scc(-n2c3ccccc3c3ccccc32)c1O.[CH2-]c1ccccc1.[CH2-]c1ccccc1.[CH2-]c1ccccc1.[CH2-]c1ccccc1.[CH2-]c1ccccc1.[CH2-]c1ccccc1.[Zr+2].[Zr+4]. The van der Waals surface area contributed by atoms with Gasteiger partial charge < -0.3 is 42.5 Å². The molecule has 0 aliphatic heterocycles. The van der Waals surface area contributed by atoms with E-state index in [1.165, 1.54) is 66.3 Å². The Labute approximate surface area is 796 Å². The summed E-state index contributed by atoms with van der Waals surface area (Å²) in [4.78, 5) is 2.47. The summed E-state index contributed by atoms with van der Waals surface area (Å²) < 4.78 is 17.2. The van der Waals surface area contributed by atoms with E-state index in [-0.39, 0.29) is 69.7 Å². The number of ether oxygens (including phenoxy) is 1. The maximum atomic E-state index is 11.2. The van der Waals surface area contributed by atoms with Crippen molar-refractivity contribution >= 4 is 99.4 Å². The van der Waals surface area contributed by atoms with Gasteiger partial charge in [0, 0.05) is 66.2 Å². The molecule has 9 nitrogen and oxygen atoms in total. The molecule has 0 aliphatic carbocycles. The molecule has 21 rings (SSSR count). The van der Waals surface area contributed by atoms with Crippen molar-refractivity contribution in [3.63, 3.8) is 0 Å². The van der Waals surface area contributed by atoms with Crippen molar-refractivity contribution in [3.05, 3.63) is 506 Å². The summed E-state index contributed by atoms with van der Waals surface area (Å²) in [5.41, 5.74) is 18.1. The molecule has 21 aromatic rings. The van der Waals surface area contributed by atoms with Crippen LogP contribution in [0.1, 0.15) is 33.4 Å². The third-order valence-electron chi connectivity index (χ3n) is 20.1. The van der Waals surface area contributed by atoms with Gasteiger partial charge >= 0.3 is 52.4 Å². The van der Waals surface area contributed by atoms with Crippen LogP contribution >= 0.6 is 34.0 Å². The second kappa shape index (κ2) is 46.5. The van der Waals surface area contributed by atoms with Gasteiger partial charge in [0.05, 0.1) is 83.0 Å². The number of aromatic nitrogens is 3. The Hall–Kier alpha value is -13.4. The summed E-state index contributed by atoms with van der Waals surface area (Å²) in [6.45, 7) is 22.3. The predicted molar refractivity (Wildman–Crippen MR) is 533 cm³/mol. The molecule has 0 saturated heterocycles. The normalized spacial score (nSPS) is 10.2. The first kappa shape index (κ1) is 94.3. The molecule has 626 valence electrons. The van der Waals surface area contributed by atoms with Gasteiger partial charge in [0.25, 0.3) is 0 Å². The molecule has 0 saturated carbocycles. The number of methoxy groups -OCH3 is 1. The first-order chi connectivity index (χ1) is 61.0. The number of nitrogens with zero attached hydrogens (tertiary/aromatic N) is 3. The van der Waals surface area contributed by atoms with Crippen LogP contribution in [0.5, 0.6) is 34.5 Å². The fourth-order valence-corrected chi connectivity index (χ4v) is 17.1. The number of thiophene rings is 3. The van der Waals surface area contributed by atoms with Gasteiger partial charge in [-0.2, -0.15) is 148 Å². The van der Waals surface area contributed by atoms with E-state index >= 15 is 0 Å². The molecule has 0 aliphatic rings. The minimum atomic E-state index is 0. The van der Waals surface area contributed by atoms with Crippen LogP contribution in [0, 0.1) is 55.8 Å². The van der Waals surface area contributed by atoms with Gasteiger partial charge in [-0.05, 0) is 74.9 Å². The maximum Gasteiger partial charge on any atom is 4.00 e. The Balaban J connectivity index is 0.000000149. The molecule has 6 heterocycles. The largest absolute Gasteiger partial charge is 4.00 e. The molecule has 0 unspecified atom stereocenters. The summed E-state index contributed by atoms with van der Waals surface area (Å²) in [5, 5.41) is 46.7. The molecule has 15 aromatic carbocycles. The Bertz CT molecular complexity index is 6310. The summed E-state index contributed by atoms with van der Waals surface area (Å²) in [5.74, 6) is 3.39. The average Bonchev–Trinajstić information content (AvgIpc) is 1.60. The first-order valence-corrected chi connectivity index (χ1v) is 43.0. The topological polar surface area (TPSA) is 90.1 Å². The van der Waals surface area contributed by atoms with Crippen LogP contribution in [0.15, 0.2) is 417 Å². The number of hydrogen-bond acceptors (Lipinski definition) is 7. The molecule has 127 heavy (non-hydrogen) atoms. The molecular weight excluding hydrogens is 1770 g/mol. The standard InChI is InChI=1S/2C24H19NO2S.C23H17NO2S.6C7H7.2Zr/c2*1-27(2)22-14-8-5-11-18(22)24-23(26)21(15-28-24)25-19-12-6-3-9-16(19)17-10-4-7-13-20(17)25;1-26-21-13-7-4-10-17(21)23-22(25)20(14-27-23)24-18-11-5-2-8-15(18)16-9-3-6-12-19(16)24;6*1-7-5-3-2-4-6-7;;/h2*3-15,26H,1H2,2H3;2-14,25H,1H3;6*2-6H,1H2;;/q;;;6*-1;+2;+4. The third-order valence-corrected chi connectivity index (χ3v) is 23.1. The van der Waals surface area contributed by atoms with Gasteiger partial charge in [0.1, 0.15) is 20.0 Å². The Morgan fingerprint density at radius 2 is 0.433 bits per heavy atom. The van der Waals surface area contributed by atoms with Crippen LogP contribution in [-0.4, -0.2) is 50.4 Å². The number of benzene rings is 15. The summed E-state index contributed by atoms with van der Waals surface area (Å²) in [6, 6.07) is 133. The van der Waals surface area contributed by atoms with E-state index in [1.54, 1.807) is 7.11 Å². The van der Waals surface area contributed by atoms with E-state index in [0.29, 0.717) is 0 Å². The predicted octanol–water partition coefficient (Wildman–Crippen LogP) is 31.2. The zero-order chi connectivity index (χ0) is 87.6. The van der Waals surface area contributed by atoms with E-state index in [0.717, 1.165) is 132 Å². The monoisotopic (exact) mass is 1870 g/mol. The average molecular weight is 1870 g/mol. The molecule has 0 bridgehead atoms. The fraction of sp³-hybridized carbons (Fsp3) is 0.0265. The molecule has 6 aromatic heterocycles. The molecule has 14 heteroatoms. The zero-order valence-corrected chi connectivity index (χ0v) is 78.5. The van der Waals surface area contributed by atoms with Gasteiger partial charge in [0.2, 0.25) is 11.5 Å². The van der Waals surface area contributed by atoms with E-state index in [2.05, 4.69) is 175 Å². The molecule has 0 spiro atoms. The van der Waals surface area contributed by atoms with Crippen LogP contribution in [0.2, 0.25) is 0 Å². The summed E-state index contributed by atoms with van der Waals surface area (Å²) in [6.07, 6.45) is 0. The molecule has 0 radical (unpaired) electrons. The van der Waals surface area contributed by atoms with Crippen molar-refractivity contribution in [1.82, 2.24) is 13.7 Å².